The molecule has 0 aromatic heterocycles. The van der Waals surface area contributed by atoms with Crippen molar-refractivity contribution in [3.05, 3.63) is 35.4 Å². The summed E-state index contributed by atoms with van der Waals surface area (Å²) in [7, 11) is 0. The van der Waals surface area contributed by atoms with Crippen LogP contribution in [0.25, 0.3) is 0 Å². The maximum Gasteiger partial charge on any atom is 0.255 e. The molecule has 1 aromatic carbocycles. The van der Waals surface area contributed by atoms with Crippen molar-refractivity contribution in [3.63, 3.8) is 0 Å². The Morgan fingerprint density at radius 3 is 2.80 bits per heavy atom. The van der Waals surface area contributed by atoms with Gasteiger partial charge in [-0.3, -0.25) is 4.79 Å². The number of nitrogens with zero attached hydrogens (tertiary/aromatic N) is 1. The molecular weight excluding hydrogens is 248 g/mol. The molecule has 0 bridgehead atoms. The number of unbranched alkanes of at least 4 members (excludes halogenated alkanes) is 1. The van der Waals surface area contributed by atoms with Gasteiger partial charge in [-0.15, -0.1) is 0 Å². The fourth-order valence-electron chi connectivity index (χ4n) is 2.24. The van der Waals surface area contributed by atoms with Gasteiger partial charge < -0.3 is 10.6 Å². The molecule has 0 spiro atoms. The minimum Gasteiger partial charge on any atom is -0.336 e. The first-order valence-corrected chi connectivity index (χ1v) is 7.36. The maximum atomic E-state index is 12.7. The highest BCUT2D eigenvalue weighted by molar-refractivity contribution is 5.97. The molecule has 2 N–H and O–H groups in total. The van der Waals surface area contributed by atoms with Crippen LogP contribution >= 0.6 is 0 Å². The van der Waals surface area contributed by atoms with Crippen LogP contribution in [0, 0.1) is 11.8 Å². The van der Waals surface area contributed by atoms with Crippen molar-refractivity contribution in [1.82, 2.24) is 4.90 Å². The quantitative estimate of drug-likeness (QED) is 0.835. The molecule has 1 amide bonds. The molecule has 0 aliphatic heterocycles. The van der Waals surface area contributed by atoms with Gasteiger partial charge in [0, 0.05) is 18.2 Å². The van der Waals surface area contributed by atoms with Crippen molar-refractivity contribution < 1.29 is 4.79 Å². The number of carbonyl (C=O) groups is 1. The number of nitrogens with two attached hydrogens (primary N) is 1. The molecule has 1 aliphatic carbocycles. The molecule has 1 saturated carbocycles. The monoisotopic (exact) mass is 270 g/mol. The molecular formula is C17H22N2O. The van der Waals surface area contributed by atoms with Gasteiger partial charge in [0.05, 0.1) is 12.1 Å². The van der Waals surface area contributed by atoms with E-state index in [2.05, 4.69) is 18.8 Å². The van der Waals surface area contributed by atoms with Crippen LogP contribution in [0.15, 0.2) is 24.3 Å². The topological polar surface area (TPSA) is 46.3 Å². The van der Waals surface area contributed by atoms with Gasteiger partial charge in [0.25, 0.3) is 5.91 Å². The van der Waals surface area contributed by atoms with E-state index in [4.69, 9.17) is 5.73 Å². The number of amides is 1. The zero-order valence-electron chi connectivity index (χ0n) is 12.1. The fraction of sp³-hybridized carbons (Fsp3) is 0.471. The second-order valence-electron chi connectivity index (χ2n) is 5.13. The number of hydrogen-bond acceptors (Lipinski definition) is 2. The Balaban J connectivity index is 2.22. The summed E-state index contributed by atoms with van der Waals surface area (Å²) < 4.78 is 0. The lowest BCUT2D eigenvalue weighted by Crippen LogP contribution is -2.34. The summed E-state index contributed by atoms with van der Waals surface area (Å²) in [5.74, 6) is 5.95. The summed E-state index contributed by atoms with van der Waals surface area (Å²) in [4.78, 5) is 14.8. The van der Waals surface area contributed by atoms with E-state index < -0.39 is 0 Å². The Kier molecular flexibility index (Phi) is 5.20. The molecule has 0 radical (unpaired) electrons. The third-order valence-corrected chi connectivity index (χ3v) is 3.48. The average Bonchev–Trinajstić information content (AvgIpc) is 3.30. The van der Waals surface area contributed by atoms with Crippen molar-refractivity contribution in [3.8, 4) is 11.8 Å². The van der Waals surface area contributed by atoms with E-state index in [0.29, 0.717) is 18.2 Å². The fourth-order valence-corrected chi connectivity index (χ4v) is 2.24. The van der Waals surface area contributed by atoms with Gasteiger partial charge in [-0.2, -0.15) is 0 Å². The van der Waals surface area contributed by atoms with Crippen LogP contribution in [0.3, 0.4) is 0 Å². The predicted molar refractivity (Wildman–Crippen MR) is 81.3 cm³/mol. The van der Waals surface area contributed by atoms with Crippen molar-refractivity contribution in [2.24, 2.45) is 5.73 Å². The Hall–Kier alpha value is -1.79. The minimum absolute atomic E-state index is 0.114. The van der Waals surface area contributed by atoms with Gasteiger partial charge in [-0.05, 0) is 31.4 Å². The summed E-state index contributed by atoms with van der Waals surface area (Å²) in [6, 6.07) is 7.99. The normalized spacial score (nSPS) is 13.5. The third kappa shape index (κ3) is 3.61. The van der Waals surface area contributed by atoms with Crippen LogP contribution in [0.1, 0.15) is 48.5 Å². The molecule has 1 aromatic rings. The maximum absolute atomic E-state index is 12.7. The highest BCUT2D eigenvalue weighted by Gasteiger charge is 2.33. The van der Waals surface area contributed by atoms with Crippen LogP contribution in [0.5, 0.6) is 0 Å². The third-order valence-electron chi connectivity index (χ3n) is 3.48. The Morgan fingerprint density at radius 2 is 2.15 bits per heavy atom. The molecule has 1 fully saturated rings. The van der Waals surface area contributed by atoms with Crippen LogP contribution in [-0.4, -0.2) is 29.9 Å². The molecule has 3 nitrogen and oxygen atoms in total. The summed E-state index contributed by atoms with van der Waals surface area (Å²) in [6.07, 6.45) is 4.42. The van der Waals surface area contributed by atoms with E-state index in [1.54, 1.807) is 0 Å². The Bertz CT molecular complexity index is 523. The first kappa shape index (κ1) is 14.6. The van der Waals surface area contributed by atoms with Crippen LogP contribution in [0.4, 0.5) is 0 Å². The Morgan fingerprint density at radius 1 is 1.40 bits per heavy atom. The van der Waals surface area contributed by atoms with Gasteiger partial charge in [-0.25, -0.2) is 0 Å². The lowest BCUT2D eigenvalue weighted by Gasteiger charge is -2.22. The van der Waals surface area contributed by atoms with Gasteiger partial charge in [0.1, 0.15) is 0 Å². The Labute approximate surface area is 121 Å². The summed E-state index contributed by atoms with van der Waals surface area (Å²) in [5, 5.41) is 0. The lowest BCUT2D eigenvalue weighted by atomic mass is 10.1. The second-order valence-corrected chi connectivity index (χ2v) is 5.13. The van der Waals surface area contributed by atoms with Crippen molar-refractivity contribution in [2.45, 2.75) is 38.6 Å². The van der Waals surface area contributed by atoms with E-state index in [-0.39, 0.29) is 5.91 Å². The first-order valence-electron chi connectivity index (χ1n) is 7.36. The largest absolute Gasteiger partial charge is 0.336 e. The molecule has 0 heterocycles. The minimum atomic E-state index is 0.114. The lowest BCUT2D eigenvalue weighted by molar-refractivity contribution is 0.0740. The van der Waals surface area contributed by atoms with Gasteiger partial charge in [-0.1, -0.05) is 37.3 Å². The summed E-state index contributed by atoms with van der Waals surface area (Å²) in [6.45, 7) is 3.31. The zero-order chi connectivity index (χ0) is 14.4. The molecule has 2 rings (SSSR count). The highest BCUT2D eigenvalue weighted by atomic mass is 16.2. The average molecular weight is 270 g/mol. The van der Waals surface area contributed by atoms with Crippen LogP contribution in [0.2, 0.25) is 0 Å². The van der Waals surface area contributed by atoms with Crippen LogP contribution in [-0.2, 0) is 0 Å². The first-order chi connectivity index (χ1) is 9.77. The van der Waals surface area contributed by atoms with E-state index in [1.165, 1.54) is 0 Å². The van der Waals surface area contributed by atoms with Gasteiger partial charge >= 0.3 is 0 Å². The number of hydrogen-bond donors (Lipinski definition) is 1. The van der Waals surface area contributed by atoms with Crippen molar-refractivity contribution in [1.29, 1.82) is 0 Å². The number of rotatable bonds is 5. The van der Waals surface area contributed by atoms with E-state index in [9.17, 15) is 4.79 Å². The summed E-state index contributed by atoms with van der Waals surface area (Å²) in [5.41, 5.74) is 6.90. The second kappa shape index (κ2) is 7.12. The molecule has 0 atom stereocenters. The van der Waals surface area contributed by atoms with E-state index >= 15 is 0 Å². The van der Waals surface area contributed by atoms with E-state index in [1.807, 2.05) is 29.2 Å². The molecule has 1 aliphatic rings. The number of carbonyl (C=O) groups excluding carboxylic acids is 1. The highest BCUT2D eigenvalue weighted by Crippen LogP contribution is 2.29. The standard InChI is InChI=1S/C17H22N2O/c1-2-3-13-19(15-10-11-15)17(20)16-9-5-4-7-14(16)8-6-12-18/h4-5,7,9,15H,2-3,10-13,18H2,1H3. The molecule has 3 heteroatoms. The molecule has 0 unspecified atom stereocenters. The molecule has 20 heavy (non-hydrogen) atoms. The van der Waals surface area contributed by atoms with Crippen LogP contribution < -0.4 is 5.73 Å². The van der Waals surface area contributed by atoms with Crippen molar-refractivity contribution >= 4 is 5.91 Å². The summed E-state index contributed by atoms with van der Waals surface area (Å²) >= 11 is 0. The number of benzene rings is 1. The molecule has 0 saturated heterocycles. The molecule has 106 valence electrons. The van der Waals surface area contributed by atoms with Gasteiger partial charge in [0.2, 0.25) is 0 Å². The zero-order valence-corrected chi connectivity index (χ0v) is 12.1. The SMILES string of the molecule is CCCCN(C(=O)c1ccccc1C#CCN)C1CC1. The smallest absolute Gasteiger partial charge is 0.255 e. The van der Waals surface area contributed by atoms with Crippen molar-refractivity contribution in [2.75, 3.05) is 13.1 Å². The predicted octanol–water partition coefficient (Wildman–Crippen LogP) is 2.40. The van der Waals surface area contributed by atoms with E-state index in [0.717, 1.165) is 37.8 Å². The van der Waals surface area contributed by atoms with Gasteiger partial charge in [0.15, 0.2) is 0 Å².